The van der Waals surface area contributed by atoms with Crippen LogP contribution in [0.25, 0.3) is 0 Å². The van der Waals surface area contributed by atoms with Gasteiger partial charge >= 0.3 is 0 Å². The van der Waals surface area contributed by atoms with Crippen molar-refractivity contribution >= 4 is 41.5 Å². The van der Waals surface area contributed by atoms with Gasteiger partial charge in [-0.05, 0) is 25.0 Å². The van der Waals surface area contributed by atoms with Gasteiger partial charge in [-0.1, -0.05) is 25.7 Å². The SMILES string of the molecule is I.NC(=NCC(=O)Nc1ccc(F)c(F)c1F)NC1CCCCCC1. The summed E-state index contributed by atoms with van der Waals surface area (Å²) in [6.45, 7) is -0.343. The van der Waals surface area contributed by atoms with Crippen LogP contribution in [-0.2, 0) is 4.79 Å². The summed E-state index contributed by atoms with van der Waals surface area (Å²) in [6, 6.07) is 1.92. The zero-order valence-corrected chi connectivity index (χ0v) is 16.0. The van der Waals surface area contributed by atoms with Gasteiger partial charge in [0.05, 0.1) is 5.69 Å². The van der Waals surface area contributed by atoms with Crippen molar-refractivity contribution in [3.63, 3.8) is 0 Å². The summed E-state index contributed by atoms with van der Waals surface area (Å²) in [5, 5.41) is 5.21. The summed E-state index contributed by atoms with van der Waals surface area (Å²) in [4.78, 5) is 15.6. The first-order valence-corrected chi connectivity index (χ1v) is 7.97. The van der Waals surface area contributed by atoms with Crippen LogP contribution < -0.4 is 16.4 Å². The molecule has 0 aliphatic heterocycles. The molecule has 1 aliphatic rings. The average molecular weight is 470 g/mol. The van der Waals surface area contributed by atoms with E-state index in [4.69, 9.17) is 5.73 Å². The minimum Gasteiger partial charge on any atom is -0.370 e. The zero-order valence-electron chi connectivity index (χ0n) is 13.7. The normalized spacial score (nSPS) is 15.9. The molecule has 140 valence electrons. The van der Waals surface area contributed by atoms with Crippen LogP contribution in [0.15, 0.2) is 17.1 Å². The molecule has 0 spiro atoms. The number of aliphatic imine (C=N–C) groups is 1. The number of guanidine groups is 1. The molecule has 0 atom stereocenters. The van der Waals surface area contributed by atoms with Gasteiger partial charge in [-0.25, -0.2) is 18.2 Å². The summed E-state index contributed by atoms with van der Waals surface area (Å²) in [7, 11) is 0. The lowest BCUT2D eigenvalue weighted by atomic mass is 10.1. The molecule has 4 N–H and O–H groups in total. The van der Waals surface area contributed by atoms with E-state index in [1.165, 1.54) is 12.8 Å². The molecule has 1 aromatic rings. The van der Waals surface area contributed by atoms with Gasteiger partial charge in [0, 0.05) is 6.04 Å². The Hall–Kier alpha value is -1.52. The molecule has 1 saturated carbocycles. The standard InChI is InChI=1S/C16H21F3N4O.HI/c17-11-7-8-12(15(19)14(11)18)23-13(24)9-21-16(20)22-10-5-3-1-2-4-6-10;/h7-8,10H,1-6,9H2,(H,23,24)(H3,20,21,22);1H. The third-order valence-electron chi connectivity index (χ3n) is 3.91. The Bertz CT molecular complexity index is 620. The van der Waals surface area contributed by atoms with E-state index in [-0.39, 0.29) is 42.5 Å². The second-order valence-corrected chi connectivity index (χ2v) is 5.81. The molecular formula is C16H22F3IN4O. The number of nitrogens with one attached hydrogen (secondary N) is 2. The van der Waals surface area contributed by atoms with Gasteiger partial charge in [-0.15, -0.1) is 24.0 Å². The fourth-order valence-corrected chi connectivity index (χ4v) is 2.65. The van der Waals surface area contributed by atoms with E-state index in [0.29, 0.717) is 0 Å². The molecule has 9 heteroatoms. The molecule has 0 heterocycles. The van der Waals surface area contributed by atoms with Crippen LogP contribution in [0.1, 0.15) is 38.5 Å². The van der Waals surface area contributed by atoms with Crippen LogP contribution >= 0.6 is 24.0 Å². The molecule has 0 aromatic heterocycles. The monoisotopic (exact) mass is 470 g/mol. The lowest BCUT2D eigenvalue weighted by Gasteiger charge is -2.16. The highest BCUT2D eigenvalue weighted by molar-refractivity contribution is 14.0. The van der Waals surface area contributed by atoms with Gasteiger partial charge in [0.25, 0.3) is 0 Å². The predicted molar refractivity (Wildman–Crippen MR) is 101 cm³/mol. The summed E-state index contributed by atoms with van der Waals surface area (Å²) >= 11 is 0. The molecule has 2 rings (SSSR count). The number of hydrogen-bond acceptors (Lipinski definition) is 2. The Morgan fingerprint density at radius 2 is 1.76 bits per heavy atom. The average Bonchev–Trinajstić information content (AvgIpc) is 2.82. The van der Waals surface area contributed by atoms with Crippen molar-refractivity contribution in [1.29, 1.82) is 0 Å². The van der Waals surface area contributed by atoms with E-state index in [1.807, 2.05) is 0 Å². The molecule has 0 radical (unpaired) electrons. The quantitative estimate of drug-likeness (QED) is 0.208. The molecule has 1 aliphatic carbocycles. The summed E-state index contributed by atoms with van der Waals surface area (Å²) < 4.78 is 39.4. The number of benzene rings is 1. The smallest absolute Gasteiger partial charge is 0.246 e. The van der Waals surface area contributed by atoms with Crippen molar-refractivity contribution < 1.29 is 18.0 Å². The number of nitrogens with zero attached hydrogens (tertiary/aromatic N) is 1. The van der Waals surface area contributed by atoms with Crippen molar-refractivity contribution in [2.75, 3.05) is 11.9 Å². The van der Waals surface area contributed by atoms with Gasteiger partial charge < -0.3 is 16.4 Å². The Morgan fingerprint density at radius 3 is 2.40 bits per heavy atom. The van der Waals surface area contributed by atoms with Gasteiger partial charge in [0.2, 0.25) is 5.91 Å². The van der Waals surface area contributed by atoms with Crippen LogP contribution in [0, 0.1) is 17.5 Å². The molecular weight excluding hydrogens is 448 g/mol. The van der Waals surface area contributed by atoms with E-state index < -0.39 is 29.0 Å². The molecule has 0 unspecified atom stereocenters. The van der Waals surface area contributed by atoms with Crippen molar-refractivity contribution in [1.82, 2.24) is 5.32 Å². The topological polar surface area (TPSA) is 79.5 Å². The van der Waals surface area contributed by atoms with Crippen molar-refractivity contribution in [2.24, 2.45) is 10.7 Å². The highest BCUT2D eigenvalue weighted by Crippen LogP contribution is 2.19. The molecule has 0 bridgehead atoms. The predicted octanol–water partition coefficient (Wildman–Crippen LogP) is 3.29. The minimum atomic E-state index is -1.63. The third kappa shape index (κ3) is 6.71. The van der Waals surface area contributed by atoms with E-state index in [0.717, 1.165) is 37.8 Å². The molecule has 1 aromatic carbocycles. The summed E-state index contributed by atoms with van der Waals surface area (Å²) in [5.41, 5.74) is 5.31. The van der Waals surface area contributed by atoms with Crippen LogP contribution in [0.2, 0.25) is 0 Å². The van der Waals surface area contributed by atoms with E-state index in [2.05, 4.69) is 15.6 Å². The summed E-state index contributed by atoms with van der Waals surface area (Å²) in [6.07, 6.45) is 6.67. The van der Waals surface area contributed by atoms with Crippen molar-refractivity contribution in [3.05, 3.63) is 29.6 Å². The Labute approximate surface area is 161 Å². The number of amides is 1. The number of carbonyl (C=O) groups excluding carboxylic acids is 1. The lowest BCUT2D eigenvalue weighted by molar-refractivity contribution is -0.114. The third-order valence-corrected chi connectivity index (χ3v) is 3.91. The highest BCUT2D eigenvalue weighted by Gasteiger charge is 2.15. The number of halogens is 4. The molecule has 0 saturated heterocycles. The first-order chi connectivity index (χ1) is 11.5. The van der Waals surface area contributed by atoms with E-state index in [9.17, 15) is 18.0 Å². The van der Waals surface area contributed by atoms with Gasteiger partial charge in [-0.3, -0.25) is 4.79 Å². The number of anilines is 1. The molecule has 1 fully saturated rings. The number of carbonyl (C=O) groups is 1. The lowest BCUT2D eigenvalue weighted by Crippen LogP contribution is -2.40. The Kier molecular flexibility index (Phi) is 9.01. The number of rotatable bonds is 4. The maximum atomic E-state index is 13.5. The van der Waals surface area contributed by atoms with Crippen LogP contribution in [0.5, 0.6) is 0 Å². The number of nitrogens with two attached hydrogens (primary N) is 1. The first-order valence-electron chi connectivity index (χ1n) is 7.97. The largest absolute Gasteiger partial charge is 0.370 e. The first kappa shape index (κ1) is 21.5. The van der Waals surface area contributed by atoms with Gasteiger partial charge in [-0.2, -0.15) is 0 Å². The molecule has 1 amide bonds. The fourth-order valence-electron chi connectivity index (χ4n) is 2.65. The van der Waals surface area contributed by atoms with Crippen LogP contribution in [-0.4, -0.2) is 24.5 Å². The highest BCUT2D eigenvalue weighted by atomic mass is 127. The maximum absolute atomic E-state index is 13.5. The Balaban J connectivity index is 0.00000312. The fraction of sp³-hybridized carbons (Fsp3) is 0.500. The minimum absolute atomic E-state index is 0. The van der Waals surface area contributed by atoms with Crippen LogP contribution in [0.3, 0.4) is 0 Å². The van der Waals surface area contributed by atoms with Gasteiger partial charge in [0.1, 0.15) is 6.54 Å². The maximum Gasteiger partial charge on any atom is 0.246 e. The molecule has 5 nitrogen and oxygen atoms in total. The van der Waals surface area contributed by atoms with E-state index in [1.54, 1.807) is 0 Å². The van der Waals surface area contributed by atoms with Crippen LogP contribution in [0.4, 0.5) is 18.9 Å². The Morgan fingerprint density at radius 1 is 1.12 bits per heavy atom. The second-order valence-electron chi connectivity index (χ2n) is 5.81. The van der Waals surface area contributed by atoms with Crippen molar-refractivity contribution in [2.45, 2.75) is 44.6 Å². The number of hydrogen-bond donors (Lipinski definition) is 3. The van der Waals surface area contributed by atoms with E-state index >= 15 is 0 Å². The summed E-state index contributed by atoms with van der Waals surface area (Å²) in [5.74, 6) is -4.93. The molecule has 25 heavy (non-hydrogen) atoms. The second kappa shape index (κ2) is 10.5. The van der Waals surface area contributed by atoms with Crippen molar-refractivity contribution in [3.8, 4) is 0 Å². The zero-order chi connectivity index (χ0) is 17.5. The van der Waals surface area contributed by atoms with Gasteiger partial charge in [0.15, 0.2) is 23.4 Å².